The molecule has 0 spiro atoms. The van der Waals surface area contributed by atoms with E-state index in [1.807, 2.05) is 6.92 Å². The molecule has 4 heteroatoms. The molecule has 1 amide bonds. The largest absolute Gasteiger partial charge is 0.322 e. The molecule has 98 valence electrons. The van der Waals surface area contributed by atoms with Crippen LogP contribution in [-0.4, -0.2) is 18.5 Å². The molecule has 0 aliphatic heterocycles. The summed E-state index contributed by atoms with van der Waals surface area (Å²) in [7, 11) is 0. The molecule has 18 heavy (non-hydrogen) atoms. The fourth-order valence-corrected chi connectivity index (χ4v) is 2.30. The summed E-state index contributed by atoms with van der Waals surface area (Å²) in [6.07, 6.45) is 4.72. The van der Waals surface area contributed by atoms with Crippen LogP contribution in [0.3, 0.4) is 0 Å². The molecule has 0 heterocycles. The number of rotatable bonds is 4. The molecule has 1 saturated carbocycles. The molecule has 0 aromatic heterocycles. The highest BCUT2D eigenvalue weighted by Crippen LogP contribution is 2.18. The van der Waals surface area contributed by atoms with Crippen molar-refractivity contribution in [3.63, 3.8) is 0 Å². The molecule has 0 unspecified atom stereocenters. The van der Waals surface area contributed by atoms with E-state index in [1.54, 1.807) is 12.1 Å². The Morgan fingerprint density at radius 2 is 2.11 bits per heavy atom. The Bertz CT molecular complexity index is 428. The number of halogens is 1. The normalized spacial score (nSPS) is 15.9. The van der Waals surface area contributed by atoms with Gasteiger partial charge < -0.3 is 10.6 Å². The zero-order valence-corrected chi connectivity index (χ0v) is 10.6. The molecule has 0 radical (unpaired) electrons. The van der Waals surface area contributed by atoms with E-state index in [0.29, 0.717) is 6.04 Å². The van der Waals surface area contributed by atoms with Crippen LogP contribution in [0.4, 0.5) is 10.1 Å². The molecule has 2 rings (SSSR count). The summed E-state index contributed by atoms with van der Waals surface area (Å²) >= 11 is 0. The quantitative estimate of drug-likeness (QED) is 0.862. The molecule has 1 fully saturated rings. The van der Waals surface area contributed by atoms with Crippen LogP contribution in [0.25, 0.3) is 0 Å². The highest BCUT2D eigenvalue weighted by molar-refractivity contribution is 5.92. The maximum absolute atomic E-state index is 13.4. The molecule has 0 saturated heterocycles. The first-order valence-electron chi connectivity index (χ1n) is 6.44. The predicted molar refractivity (Wildman–Crippen MR) is 70.0 cm³/mol. The lowest BCUT2D eigenvalue weighted by molar-refractivity contribution is -0.115. The van der Waals surface area contributed by atoms with E-state index in [4.69, 9.17) is 0 Å². The minimum Gasteiger partial charge on any atom is -0.322 e. The van der Waals surface area contributed by atoms with Gasteiger partial charge in [-0.1, -0.05) is 18.9 Å². The third kappa shape index (κ3) is 3.53. The van der Waals surface area contributed by atoms with Crippen molar-refractivity contribution in [3.05, 3.63) is 29.6 Å². The van der Waals surface area contributed by atoms with Gasteiger partial charge in [-0.2, -0.15) is 0 Å². The predicted octanol–water partition coefficient (Wildman–Crippen LogP) is 2.60. The first-order chi connectivity index (χ1) is 8.65. The molecule has 1 aliphatic carbocycles. The van der Waals surface area contributed by atoms with Crippen LogP contribution >= 0.6 is 0 Å². The number of anilines is 1. The smallest absolute Gasteiger partial charge is 0.238 e. The maximum Gasteiger partial charge on any atom is 0.238 e. The minimum absolute atomic E-state index is 0.189. The Labute approximate surface area is 107 Å². The van der Waals surface area contributed by atoms with Gasteiger partial charge in [0, 0.05) is 6.04 Å². The molecule has 3 nitrogen and oxygen atoms in total. The summed E-state index contributed by atoms with van der Waals surface area (Å²) < 4.78 is 13.4. The van der Waals surface area contributed by atoms with Gasteiger partial charge >= 0.3 is 0 Å². The van der Waals surface area contributed by atoms with E-state index in [2.05, 4.69) is 10.6 Å². The van der Waals surface area contributed by atoms with Gasteiger partial charge in [-0.3, -0.25) is 4.79 Å². The van der Waals surface area contributed by atoms with Crippen LogP contribution in [0.1, 0.15) is 31.2 Å². The minimum atomic E-state index is -0.394. The first kappa shape index (κ1) is 13.0. The van der Waals surface area contributed by atoms with Crippen LogP contribution in [0, 0.1) is 12.7 Å². The number of amides is 1. The van der Waals surface area contributed by atoms with Crippen molar-refractivity contribution in [1.29, 1.82) is 0 Å². The van der Waals surface area contributed by atoms with E-state index in [-0.39, 0.29) is 18.1 Å². The standard InChI is InChI=1S/C14H19FN2O/c1-10-6-7-12(15)13(8-10)17-14(18)9-16-11-4-2-3-5-11/h6-8,11,16H,2-5,9H2,1H3,(H,17,18). The average Bonchev–Trinajstić information content (AvgIpc) is 2.84. The summed E-state index contributed by atoms with van der Waals surface area (Å²) in [5, 5.41) is 5.80. The number of carbonyl (C=O) groups is 1. The highest BCUT2D eigenvalue weighted by atomic mass is 19.1. The van der Waals surface area contributed by atoms with Crippen molar-refractivity contribution < 1.29 is 9.18 Å². The Morgan fingerprint density at radius 1 is 1.39 bits per heavy atom. The second-order valence-electron chi connectivity index (χ2n) is 4.89. The number of benzene rings is 1. The maximum atomic E-state index is 13.4. The van der Waals surface area contributed by atoms with Crippen molar-refractivity contribution in [2.24, 2.45) is 0 Å². The van der Waals surface area contributed by atoms with Gasteiger partial charge in [0.25, 0.3) is 0 Å². The topological polar surface area (TPSA) is 41.1 Å². The third-order valence-corrected chi connectivity index (χ3v) is 3.30. The second-order valence-corrected chi connectivity index (χ2v) is 4.89. The van der Waals surface area contributed by atoms with Gasteiger partial charge in [-0.05, 0) is 37.5 Å². The zero-order valence-electron chi connectivity index (χ0n) is 10.6. The Morgan fingerprint density at radius 3 is 2.83 bits per heavy atom. The van der Waals surface area contributed by atoms with Gasteiger partial charge in [0.15, 0.2) is 0 Å². The second kappa shape index (κ2) is 5.96. The molecular weight excluding hydrogens is 231 g/mol. The van der Waals surface area contributed by atoms with Crippen LogP contribution in [0.15, 0.2) is 18.2 Å². The number of aryl methyl sites for hydroxylation is 1. The van der Waals surface area contributed by atoms with E-state index in [0.717, 1.165) is 18.4 Å². The van der Waals surface area contributed by atoms with Gasteiger partial charge in [0.05, 0.1) is 12.2 Å². The van der Waals surface area contributed by atoms with Gasteiger partial charge in [-0.25, -0.2) is 4.39 Å². The van der Waals surface area contributed by atoms with E-state index < -0.39 is 5.82 Å². The van der Waals surface area contributed by atoms with Crippen LogP contribution in [0.5, 0.6) is 0 Å². The molecule has 0 atom stereocenters. The number of hydrogen-bond acceptors (Lipinski definition) is 2. The fourth-order valence-electron chi connectivity index (χ4n) is 2.30. The van der Waals surface area contributed by atoms with E-state index in [1.165, 1.54) is 18.9 Å². The average molecular weight is 250 g/mol. The lowest BCUT2D eigenvalue weighted by Gasteiger charge is -2.12. The summed E-state index contributed by atoms with van der Waals surface area (Å²) in [5.41, 5.74) is 1.18. The number of carbonyl (C=O) groups excluding carboxylic acids is 1. The molecule has 1 aromatic rings. The summed E-state index contributed by atoms with van der Waals surface area (Å²) in [5.74, 6) is -0.582. The van der Waals surface area contributed by atoms with Crippen molar-refractivity contribution in [3.8, 4) is 0 Å². The SMILES string of the molecule is Cc1ccc(F)c(NC(=O)CNC2CCCC2)c1. The number of hydrogen-bond donors (Lipinski definition) is 2. The Kier molecular flexibility index (Phi) is 4.31. The Hall–Kier alpha value is -1.42. The molecule has 1 aromatic carbocycles. The van der Waals surface area contributed by atoms with Crippen LogP contribution in [-0.2, 0) is 4.79 Å². The monoisotopic (exact) mass is 250 g/mol. The van der Waals surface area contributed by atoms with E-state index >= 15 is 0 Å². The summed E-state index contributed by atoms with van der Waals surface area (Å²) in [6, 6.07) is 5.14. The molecular formula is C14H19FN2O. The summed E-state index contributed by atoms with van der Waals surface area (Å²) in [4.78, 5) is 11.7. The van der Waals surface area contributed by atoms with Crippen molar-refractivity contribution in [2.75, 3.05) is 11.9 Å². The summed E-state index contributed by atoms with van der Waals surface area (Å²) in [6.45, 7) is 2.12. The third-order valence-electron chi connectivity index (χ3n) is 3.30. The zero-order chi connectivity index (χ0) is 13.0. The molecule has 0 bridgehead atoms. The van der Waals surface area contributed by atoms with Crippen LogP contribution < -0.4 is 10.6 Å². The van der Waals surface area contributed by atoms with Gasteiger partial charge in [-0.15, -0.1) is 0 Å². The van der Waals surface area contributed by atoms with E-state index in [9.17, 15) is 9.18 Å². The van der Waals surface area contributed by atoms with Gasteiger partial charge in [0.2, 0.25) is 5.91 Å². The van der Waals surface area contributed by atoms with Gasteiger partial charge in [0.1, 0.15) is 5.82 Å². The number of nitrogens with one attached hydrogen (secondary N) is 2. The van der Waals surface area contributed by atoms with Crippen molar-refractivity contribution in [1.82, 2.24) is 5.32 Å². The lowest BCUT2D eigenvalue weighted by Crippen LogP contribution is -2.34. The Balaban J connectivity index is 1.84. The van der Waals surface area contributed by atoms with Crippen LogP contribution in [0.2, 0.25) is 0 Å². The molecule has 2 N–H and O–H groups in total. The molecule has 1 aliphatic rings. The lowest BCUT2D eigenvalue weighted by atomic mass is 10.2. The van der Waals surface area contributed by atoms with Crippen molar-refractivity contribution >= 4 is 11.6 Å². The highest BCUT2D eigenvalue weighted by Gasteiger charge is 2.15. The first-order valence-corrected chi connectivity index (χ1v) is 6.44. The van der Waals surface area contributed by atoms with Crippen molar-refractivity contribution in [2.45, 2.75) is 38.6 Å². The fraction of sp³-hybridized carbons (Fsp3) is 0.500.